The molecule has 0 amide bonds. The number of allylic oxidation sites excluding steroid dienone is 3. The highest BCUT2D eigenvalue weighted by molar-refractivity contribution is 5.89. The first kappa shape index (κ1) is 19.6. The molecule has 23 heavy (non-hydrogen) atoms. The summed E-state index contributed by atoms with van der Waals surface area (Å²) in [5.41, 5.74) is 0.517. The van der Waals surface area contributed by atoms with Crippen molar-refractivity contribution in [3.63, 3.8) is 0 Å². The third-order valence-corrected chi connectivity index (χ3v) is 3.40. The highest BCUT2D eigenvalue weighted by Gasteiger charge is 2.31. The van der Waals surface area contributed by atoms with Gasteiger partial charge in [0.25, 0.3) is 0 Å². The summed E-state index contributed by atoms with van der Waals surface area (Å²) in [4.78, 5) is 11.3. The summed E-state index contributed by atoms with van der Waals surface area (Å²) in [5, 5.41) is 0. The lowest BCUT2D eigenvalue weighted by molar-refractivity contribution is -0.139. The fourth-order valence-corrected chi connectivity index (χ4v) is 2.23. The van der Waals surface area contributed by atoms with Gasteiger partial charge in [0.2, 0.25) is 0 Å². The molecule has 1 unspecified atom stereocenters. The van der Waals surface area contributed by atoms with E-state index in [0.29, 0.717) is 31.8 Å². The second-order valence-corrected chi connectivity index (χ2v) is 6.20. The molecule has 0 bridgehead atoms. The normalized spacial score (nSPS) is 19.2. The van der Waals surface area contributed by atoms with Crippen LogP contribution in [0.15, 0.2) is 36.5 Å². The second-order valence-electron chi connectivity index (χ2n) is 6.20. The number of carbonyl (C=O) groups excluding carboxylic acids is 1. The Labute approximate surface area is 138 Å². The van der Waals surface area contributed by atoms with E-state index < -0.39 is 0 Å². The number of ether oxygens (including phenoxy) is 4. The van der Waals surface area contributed by atoms with Crippen LogP contribution in [0.3, 0.4) is 0 Å². The van der Waals surface area contributed by atoms with E-state index in [2.05, 4.69) is 26.5 Å². The number of rotatable bonds is 11. The molecule has 0 spiro atoms. The first-order valence-electron chi connectivity index (χ1n) is 7.82. The summed E-state index contributed by atoms with van der Waals surface area (Å²) in [5.74, 6) is -0.264. The van der Waals surface area contributed by atoms with E-state index >= 15 is 0 Å². The molecule has 1 aliphatic heterocycles. The van der Waals surface area contributed by atoms with Gasteiger partial charge in [-0.15, -0.1) is 0 Å². The summed E-state index contributed by atoms with van der Waals surface area (Å²) in [6.07, 6.45) is 9.30. The van der Waals surface area contributed by atoms with Gasteiger partial charge in [-0.2, -0.15) is 0 Å². The van der Waals surface area contributed by atoms with Crippen molar-refractivity contribution in [3.8, 4) is 0 Å². The first-order valence-corrected chi connectivity index (χ1v) is 7.82. The first-order chi connectivity index (χ1) is 10.9. The lowest BCUT2D eigenvalue weighted by atomic mass is 9.85. The molecule has 0 aromatic heterocycles. The van der Waals surface area contributed by atoms with Crippen LogP contribution >= 0.6 is 0 Å². The Kier molecular flexibility index (Phi) is 8.84. The van der Waals surface area contributed by atoms with Crippen molar-refractivity contribution in [2.24, 2.45) is 5.41 Å². The van der Waals surface area contributed by atoms with Gasteiger partial charge < -0.3 is 18.9 Å². The van der Waals surface area contributed by atoms with Gasteiger partial charge in [-0.25, -0.2) is 4.79 Å². The Balaban J connectivity index is 2.18. The maximum Gasteiger partial charge on any atom is 0.333 e. The average molecular weight is 324 g/mol. The Morgan fingerprint density at radius 2 is 2.09 bits per heavy atom. The molecule has 5 nitrogen and oxygen atoms in total. The second kappa shape index (κ2) is 10.4. The van der Waals surface area contributed by atoms with Gasteiger partial charge in [0, 0.05) is 19.1 Å². The van der Waals surface area contributed by atoms with Crippen LogP contribution in [0.5, 0.6) is 0 Å². The van der Waals surface area contributed by atoms with Crippen LogP contribution in [0.4, 0.5) is 0 Å². The molecule has 1 aliphatic rings. The van der Waals surface area contributed by atoms with Crippen molar-refractivity contribution in [2.45, 2.75) is 32.8 Å². The molecule has 1 heterocycles. The number of hydrogen-bond acceptors (Lipinski definition) is 5. The highest BCUT2D eigenvalue weighted by atomic mass is 16.7. The lowest BCUT2D eigenvalue weighted by Crippen LogP contribution is -2.18. The zero-order valence-electron chi connectivity index (χ0n) is 14.4. The van der Waals surface area contributed by atoms with Crippen LogP contribution in [-0.4, -0.2) is 45.8 Å². The minimum atomic E-state index is -0.264. The molecule has 0 N–H and O–H groups in total. The third kappa shape index (κ3) is 8.69. The number of methoxy groups -OCH3 is 1. The number of esters is 1. The van der Waals surface area contributed by atoms with E-state index in [4.69, 9.17) is 18.9 Å². The predicted octanol–water partition coefficient (Wildman–Crippen LogP) is 3.02. The third-order valence-electron chi connectivity index (χ3n) is 3.40. The molecule has 0 radical (unpaired) electrons. The number of carbonyl (C=O) groups is 1. The van der Waals surface area contributed by atoms with E-state index in [-0.39, 0.29) is 24.3 Å². The molecule has 1 fully saturated rings. The van der Waals surface area contributed by atoms with Crippen molar-refractivity contribution in [1.29, 1.82) is 0 Å². The van der Waals surface area contributed by atoms with E-state index in [0.717, 1.165) is 6.42 Å². The van der Waals surface area contributed by atoms with E-state index in [1.165, 1.54) is 0 Å². The van der Waals surface area contributed by atoms with Crippen molar-refractivity contribution >= 4 is 5.97 Å². The summed E-state index contributed by atoms with van der Waals surface area (Å²) in [6.45, 7) is 9.81. The Morgan fingerprint density at radius 1 is 1.30 bits per heavy atom. The van der Waals surface area contributed by atoms with E-state index in [1.54, 1.807) is 7.11 Å². The predicted molar refractivity (Wildman–Crippen MR) is 89.0 cm³/mol. The van der Waals surface area contributed by atoms with Crippen molar-refractivity contribution < 1.29 is 23.7 Å². The molecule has 0 aromatic rings. The average Bonchev–Trinajstić information content (AvgIpc) is 2.78. The monoisotopic (exact) mass is 324 g/mol. The number of hydrogen-bond donors (Lipinski definition) is 0. The van der Waals surface area contributed by atoms with E-state index in [1.807, 2.05) is 18.2 Å². The number of cyclic esters (lactones) is 1. The summed E-state index contributed by atoms with van der Waals surface area (Å²) < 4.78 is 20.6. The molecule has 5 heteroatoms. The van der Waals surface area contributed by atoms with Gasteiger partial charge in [-0.05, 0) is 11.8 Å². The highest BCUT2D eigenvalue weighted by Crippen LogP contribution is 2.31. The largest absolute Gasteiger partial charge is 0.459 e. The molecule has 0 saturated carbocycles. The van der Waals surface area contributed by atoms with Gasteiger partial charge >= 0.3 is 5.97 Å². The standard InChI is InChI=1S/C18H28O5/c1-15-12-16(23-17(15)19)13-18(2,3)8-6-5-7-9-21-14-22-11-10-20-4/h5-8,16H,1,9-14H2,2-4H3/b7-5+,8-6+. The maximum atomic E-state index is 11.3. The fraction of sp³-hybridized carbons (Fsp3) is 0.611. The molecular formula is C18H28O5. The summed E-state index contributed by atoms with van der Waals surface area (Å²) in [7, 11) is 1.63. The maximum absolute atomic E-state index is 11.3. The van der Waals surface area contributed by atoms with Gasteiger partial charge in [0.15, 0.2) is 0 Å². The fourth-order valence-electron chi connectivity index (χ4n) is 2.23. The molecule has 1 saturated heterocycles. The molecule has 0 aromatic carbocycles. The topological polar surface area (TPSA) is 54.0 Å². The summed E-state index contributed by atoms with van der Waals surface area (Å²) in [6, 6.07) is 0. The van der Waals surface area contributed by atoms with Gasteiger partial charge in [-0.1, -0.05) is 44.7 Å². The molecule has 0 aliphatic carbocycles. The lowest BCUT2D eigenvalue weighted by Gasteiger charge is -2.23. The molecule has 1 atom stereocenters. The quantitative estimate of drug-likeness (QED) is 0.192. The van der Waals surface area contributed by atoms with Crippen molar-refractivity contribution in [1.82, 2.24) is 0 Å². The minimum Gasteiger partial charge on any atom is -0.459 e. The van der Waals surface area contributed by atoms with Crippen LogP contribution < -0.4 is 0 Å². The zero-order chi connectivity index (χ0) is 17.1. The van der Waals surface area contributed by atoms with Crippen LogP contribution in [0, 0.1) is 5.41 Å². The van der Waals surface area contributed by atoms with Gasteiger partial charge in [-0.3, -0.25) is 0 Å². The van der Waals surface area contributed by atoms with Crippen LogP contribution in [-0.2, 0) is 23.7 Å². The zero-order valence-corrected chi connectivity index (χ0v) is 14.4. The molecular weight excluding hydrogens is 296 g/mol. The Bertz CT molecular complexity index is 421. The van der Waals surface area contributed by atoms with E-state index in [9.17, 15) is 4.79 Å². The van der Waals surface area contributed by atoms with Crippen LogP contribution in [0.2, 0.25) is 0 Å². The van der Waals surface area contributed by atoms with Crippen molar-refractivity contribution in [3.05, 3.63) is 36.5 Å². The minimum absolute atomic E-state index is 0.0516. The van der Waals surface area contributed by atoms with Crippen LogP contribution in [0.25, 0.3) is 0 Å². The smallest absolute Gasteiger partial charge is 0.333 e. The van der Waals surface area contributed by atoms with Gasteiger partial charge in [0.1, 0.15) is 12.9 Å². The van der Waals surface area contributed by atoms with Gasteiger partial charge in [0.05, 0.1) is 19.8 Å². The Hall–Kier alpha value is -1.43. The summed E-state index contributed by atoms with van der Waals surface area (Å²) >= 11 is 0. The molecule has 1 rings (SSSR count). The molecule has 130 valence electrons. The van der Waals surface area contributed by atoms with Crippen molar-refractivity contribution in [2.75, 3.05) is 33.7 Å². The van der Waals surface area contributed by atoms with Crippen LogP contribution in [0.1, 0.15) is 26.7 Å². The SMILES string of the molecule is C=C1CC(CC(C)(C)/C=C/C=C/COCOCCOC)OC1=O. The Morgan fingerprint density at radius 3 is 2.74 bits per heavy atom.